The van der Waals surface area contributed by atoms with Gasteiger partial charge in [0, 0.05) is 28.5 Å². The molecular formula is C19H19Cl2N3OS. The van der Waals surface area contributed by atoms with E-state index in [9.17, 15) is 0 Å². The predicted molar refractivity (Wildman–Crippen MR) is 108 cm³/mol. The molecule has 0 atom stereocenters. The van der Waals surface area contributed by atoms with Crippen LogP contribution in [0.15, 0.2) is 47.6 Å². The van der Waals surface area contributed by atoms with E-state index in [0.29, 0.717) is 28.9 Å². The lowest BCUT2D eigenvalue weighted by Gasteiger charge is -2.11. The number of thioether (sulfide) groups is 1. The average molecular weight is 408 g/mol. The van der Waals surface area contributed by atoms with Gasteiger partial charge in [0.15, 0.2) is 11.0 Å². The zero-order valence-electron chi connectivity index (χ0n) is 14.6. The van der Waals surface area contributed by atoms with Crippen molar-refractivity contribution in [2.24, 2.45) is 0 Å². The number of aromatic nitrogens is 3. The Balaban J connectivity index is 1.89. The summed E-state index contributed by atoms with van der Waals surface area (Å²) in [5, 5.41) is 10.9. The number of hydrogen-bond donors (Lipinski definition) is 0. The molecule has 26 heavy (non-hydrogen) atoms. The summed E-state index contributed by atoms with van der Waals surface area (Å²) in [5.41, 5.74) is 3.12. The molecular weight excluding hydrogens is 389 g/mol. The topological polar surface area (TPSA) is 39.9 Å². The highest BCUT2D eigenvalue weighted by atomic mass is 35.5. The minimum absolute atomic E-state index is 0.581. The maximum atomic E-state index is 6.28. The van der Waals surface area contributed by atoms with E-state index >= 15 is 0 Å². The van der Waals surface area contributed by atoms with Gasteiger partial charge in [-0.05, 0) is 30.7 Å². The second-order valence-electron chi connectivity index (χ2n) is 5.81. The van der Waals surface area contributed by atoms with Gasteiger partial charge < -0.3 is 4.74 Å². The fourth-order valence-electron chi connectivity index (χ4n) is 2.58. The molecule has 3 aromatic rings. The van der Waals surface area contributed by atoms with Crippen molar-refractivity contribution in [3.63, 3.8) is 0 Å². The first-order valence-electron chi connectivity index (χ1n) is 8.15. The van der Waals surface area contributed by atoms with Gasteiger partial charge in [0.2, 0.25) is 0 Å². The molecule has 0 aliphatic heterocycles. The minimum atomic E-state index is 0.581. The number of rotatable bonds is 7. The van der Waals surface area contributed by atoms with Crippen molar-refractivity contribution < 1.29 is 4.74 Å². The zero-order chi connectivity index (χ0) is 18.5. The van der Waals surface area contributed by atoms with Gasteiger partial charge in [0.1, 0.15) is 0 Å². The number of nitrogens with zero attached hydrogens (tertiary/aromatic N) is 3. The van der Waals surface area contributed by atoms with Crippen LogP contribution in [0.5, 0.6) is 0 Å². The van der Waals surface area contributed by atoms with Crippen LogP contribution in [0.3, 0.4) is 0 Å². The van der Waals surface area contributed by atoms with E-state index < -0.39 is 0 Å². The SMILES string of the molecule is COCCn1c(SCc2c(Cl)cccc2Cl)nnc1-c1cccc(C)c1. The van der Waals surface area contributed by atoms with Crippen LogP contribution >= 0.6 is 35.0 Å². The van der Waals surface area contributed by atoms with Crippen molar-refractivity contribution >= 4 is 35.0 Å². The van der Waals surface area contributed by atoms with Gasteiger partial charge in [-0.2, -0.15) is 0 Å². The van der Waals surface area contributed by atoms with Gasteiger partial charge in [-0.25, -0.2) is 0 Å². The molecule has 0 radical (unpaired) electrons. The molecule has 2 aromatic carbocycles. The van der Waals surface area contributed by atoms with Crippen molar-refractivity contribution in [1.29, 1.82) is 0 Å². The Morgan fingerprint density at radius 3 is 2.50 bits per heavy atom. The van der Waals surface area contributed by atoms with Gasteiger partial charge in [-0.15, -0.1) is 10.2 Å². The van der Waals surface area contributed by atoms with Gasteiger partial charge in [0.25, 0.3) is 0 Å². The molecule has 0 saturated heterocycles. The molecule has 0 saturated carbocycles. The summed E-state index contributed by atoms with van der Waals surface area (Å²) in [5.74, 6) is 1.45. The summed E-state index contributed by atoms with van der Waals surface area (Å²) >= 11 is 14.1. The van der Waals surface area contributed by atoms with E-state index in [1.165, 1.54) is 5.56 Å². The van der Waals surface area contributed by atoms with Crippen LogP contribution in [0.4, 0.5) is 0 Å². The summed E-state index contributed by atoms with van der Waals surface area (Å²) in [4.78, 5) is 0. The highest BCUT2D eigenvalue weighted by Gasteiger charge is 2.16. The van der Waals surface area contributed by atoms with Crippen LogP contribution in [0.1, 0.15) is 11.1 Å². The van der Waals surface area contributed by atoms with Crippen LogP contribution in [-0.4, -0.2) is 28.5 Å². The van der Waals surface area contributed by atoms with Crippen molar-refractivity contribution in [3.05, 3.63) is 63.6 Å². The normalized spacial score (nSPS) is 11.1. The third-order valence-corrected chi connectivity index (χ3v) is 5.62. The minimum Gasteiger partial charge on any atom is -0.383 e. The first kappa shape index (κ1) is 19.2. The quantitative estimate of drug-likeness (QED) is 0.484. The van der Waals surface area contributed by atoms with Gasteiger partial charge in [-0.3, -0.25) is 4.57 Å². The summed E-state index contributed by atoms with van der Waals surface area (Å²) in [6.07, 6.45) is 0. The first-order chi connectivity index (χ1) is 12.6. The van der Waals surface area contributed by atoms with Gasteiger partial charge >= 0.3 is 0 Å². The molecule has 4 nitrogen and oxygen atoms in total. The van der Waals surface area contributed by atoms with Crippen LogP contribution in [0, 0.1) is 6.92 Å². The molecule has 1 aromatic heterocycles. The van der Waals surface area contributed by atoms with E-state index in [2.05, 4.69) is 33.8 Å². The third kappa shape index (κ3) is 4.41. The molecule has 0 bridgehead atoms. The summed E-state index contributed by atoms with van der Waals surface area (Å²) in [6, 6.07) is 13.8. The first-order valence-corrected chi connectivity index (χ1v) is 9.89. The maximum absolute atomic E-state index is 6.28. The molecule has 0 unspecified atom stereocenters. The molecule has 1 heterocycles. The summed E-state index contributed by atoms with van der Waals surface area (Å²) < 4.78 is 7.33. The molecule has 0 aliphatic carbocycles. The van der Waals surface area contributed by atoms with E-state index in [1.807, 2.05) is 30.3 Å². The molecule has 0 N–H and O–H groups in total. The summed E-state index contributed by atoms with van der Waals surface area (Å²) in [7, 11) is 1.69. The second-order valence-corrected chi connectivity index (χ2v) is 7.57. The van der Waals surface area contributed by atoms with Gasteiger partial charge in [-0.1, -0.05) is 64.8 Å². The van der Waals surface area contributed by atoms with Crippen LogP contribution in [-0.2, 0) is 17.0 Å². The molecule has 136 valence electrons. The molecule has 7 heteroatoms. The maximum Gasteiger partial charge on any atom is 0.191 e. The van der Waals surface area contributed by atoms with Crippen molar-refractivity contribution in [2.75, 3.05) is 13.7 Å². The number of benzene rings is 2. The highest BCUT2D eigenvalue weighted by Crippen LogP contribution is 2.32. The number of hydrogen-bond acceptors (Lipinski definition) is 4. The number of methoxy groups -OCH3 is 1. The Labute approximate surface area is 167 Å². The fraction of sp³-hybridized carbons (Fsp3) is 0.263. The van der Waals surface area contributed by atoms with Crippen molar-refractivity contribution in [1.82, 2.24) is 14.8 Å². The Hall–Kier alpha value is -1.53. The Morgan fingerprint density at radius 1 is 1.08 bits per heavy atom. The lowest BCUT2D eigenvalue weighted by molar-refractivity contribution is 0.185. The average Bonchev–Trinajstić information content (AvgIpc) is 3.02. The molecule has 0 fully saturated rings. The molecule has 0 spiro atoms. The Kier molecular flexibility index (Phi) is 6.59. The zero-order valence-corrected chi connectivity index (χ0v) is 16.9. The monoisotopic (exact) mass is 407 g/mol. The molecule has 0 amide bonds. The number of aryl methyl sites for hydroxylation is 1. The predicted octanol–water partition coefficient (Wildman–Crippen LogP) is 5.50. The summed E-state index contributed by atoms with van der Waals surface area (Å²) in [6.45, 7) is 3.32. The second kappa shape index (κ2) is 8.91. The van der Waals surface area contributed by atoms with E-state index in [-0.39, 0.29) is 0 Å². The number of halogens is 2. The largest absolute Gasteiger partial charge is 0.383 e. The van der Waals surface area contributed by atoms with Crippen molar-refractivity contribution in [2.45, 2.75) is 24.4 Å². The van der Waals surface area contributed by atoms with Crippen LogP contribution < -0.4 is 0 Å². The fourth-order valence-corrected chi connectivity index (χ4v) is 4.29. The van der Waals surface area contributed by atoms with E-state index in [4.69, 9.17) is 27.9 Å². The number of ether oxygens (including phenoxy) is 1. The van der Waals surface area contributed by atoms with Crippen molar-refractivity contribution in [3.8, 4) is 11.4 Å². The Morgan fingerprint density at radius 2 is 1.81 bits per heavy atom. The Bertz CT molecular complexity index is 878. The van der Waals surface area contributed by atoms with E-state index in [0.717, 1.165) is 22.1 Å². The lowest BCUT2D eigenvalue weighted by Crippen LogP contribution is -2.07. The standard InChI is InChI=1S/C19H19Cl2N3OS/c1-13-5-3-6-14(11-13)18-22-23-19(24(18)9-10-25-2)26-12-15-16(20)7-4-8-17(15)21/h3-8,11H,9-10,12H2,1-2H3. The van der Waals surface area contributed by atoms with Crippen LogP contribution in [0.2, 0.25) is 10.0 Å². The smallest absolute Gasteiger partial charge is 0.191 e. The highest BCUT2D eigenvalue weighted by molar-refractivity contribution is 7.98. The van der Waals surface area contributed by atoms with Gasteiger partial charge in [0.05, 0.1) is 13.2 Å². The molecule has 3 rings (SSSR count). The third-order valence-electron chi connectivity index (χ3n) is 3.92. The van der Waals surface area contributed by atoms with Crippen LogP contribution in [0.25, 0.3) is 11.4 Å². The lowest BCUT2D eigenvalue weighted by atomic mass is 10.1. The van der Waals surface area contributed by atoms with E-state index in [1.54, 1.807) is 18.9 Å². The molecule has 0 aliphatic rings.